The highest BCUT2D eigenvalue weighted by Crippen LogP contribution is 2.38. The Kier molecular flexibility index (Phi) is 5.13. The fourth-order valence-electron chi connectivity index (χ4n) is 4.48. The number of phenolic OH excluding ortho intramolecular Hbond substituents is 1. The zero-order valence-electron chi connectivity index (χ0n) is 24.2. The molecule has 1 fully saturated rings. The summed E-state index contributed by atoms with van der Waals surface area (Å²) in [4.78, 5) is 17.6. The van der Waals surface area contributed by atoms with E-state index in [1.165, 1.54) is 6.92 Å². The van der Waals surface area contributed by atoms with E-state index in [9.17, 15) is 9.90 Å². The van der Waals surface area contributed by atoms with Gasteiger partial charge in [0.2, 0.25) is 0 Å². The second-order valence-electron chi connectivity index (χ2n) is 8.60. The van der Waals surface area contributed by atoms with E-state index in [1.807, 2.05) is 18.2 Å². The normalized spacial score (nSPS) is 22.1. The van der Waals surface area contributed by atoms with E-state index in [0.717, 1.165) is 10.9 Å². The summed E-state index contributed by atoms with van der Waals surface area (Å²) in [5.74, 6) is -0.407. The third-order valence-electron chi connectivity index (χ3n) is 6.23. The molecule has 3 aromatic rings. The Hall–Kier alpha value is -2.34. The minimum atomic E-state index is -2.70. The molecule has 4 rings (SSSR count). The first kappa shape index (κ1) is 17.1. The number of nitrogens with one attached hydrogen (secondary N) is 1. The first-order chi connectivity index (χ1) is 18.1. The van der Waals surface area contributed by atoms with Crippen LogP contribution in [0.5, 0.6) is 5.75 Å². The van der Waals surface area contributed by atoms with Crippen molar-refractivity contribution in [2.45, 2.75) is 38.6 Å². The van der Waals surface area contributed by atoms with Crippen LogP contribution in [0.3, 0.4) is 0 Å². The Morgan fingerprint density at radius 3 is 2.48 bits per heavy atom. The predicted octanol–water partition coefficient (Wildman–Crippen LogP) is 6.65. The topological polar surface area (TPSA) is 65.5 Å². The molecule has 2 N–H and O–H groups in total. The molecule has 1 heterocycles. The maximum absolute atomic E-state index is 12.5. The van der Waals surface area contributed by atoms with E-state index in [1.54, 1.807) is 18.3 Å². The van der Waals surface area contributed by atoms with Gasteiger partial charge < -0.3 is 15.3 Å². The standard InChI is InChI=1S/C26H29Cl2N3O2/c1-15(32)21-13-29-24-9-6-17(18-11-22(27)26(33)23(28)12-18)10-20(24)25(21)30-19-7-4-16(5-8-19)14-31(2)3/h6,9-13,16,19,33H,4-5,7-8,14H2,1-3H3,(H,29,30)/t16-,19-/i2D3,3D3. The summed E-state index contributed by atoms with van der Waals surface area (Å²) >= 11 is 12.3. The van der Waals surface area contributed by atoms with Crippen LogP contribution in [-0.4, -0.2) is 47.3 Å². The average Bonchev–Trinajstić information content (AvgIpc) is 2.84. The van der Waals surface area contributed by atoms with Crippen LogP contribution < -0.4 is 5.32 Å². The highest BCUT2D eigenvalue weighted by molar-refractivity contribution is 6.37. The van der Waals surface area contributed by atoms with Crippen LogP contribution in [0.15, 0.2) is 36.5 Å². The quantitative estimate of drug-likeness (QED) is 0.377. The molecule has 0 aliphatic heterocycles. The number of benzene rings is 2. The third-order valence-corrected chi connectivity index (χ3v) is 6.81. The lowest BCUT2D eigenvalue weighted by Gasteiger charge is -2.32. The largest absolute Gasteiger partial charge is 0.505 e. The Bertz CT molecular complexity index is 1350. The van der Waals surface area contributed by atoms with Gasteiger partial charge in [0.25, 0.3) is 0 Å². The molecule has 0 saturated heterocycles. The summed E-state index contributed by atoms with van der Waals surface area (Å²) in [6, 6.07) is 8.82. The lowest BCUT2D eigenvalue weighted by molar-refractivity contribution is 0.101. The molecule has 0 radical (unpaired) electrons. The van der Waals surface area contributed by atoms with E-state index in [4.69, 9.17) is 31.4 Å². The van der Waals surface area contributed by atoms with Gasteiger partial charge in [0.05, 0.1) is 26.8 Å². The van der Waals surface area contributed by atoms with Gasteiger partial charge in [-0.2, -0.15) is 0 Å². The van der Waals surface area contributed by atoms with E-state index in [2.05, 4.69) is 10.3 Å². The second-order valence-corrected chi connectivity index (χ2v) is 9.41. The van der Waals surface area contributed by atoms with Crippen LogP contribution >= 0.6 is 23.2 Å². The van der Waals surface area contributed by atoms with Crippen LogP contribution in [0, 0.1) is 5.92 Å². The Morgan fingerprint density at radius 1 is 1.15 bits per heavy atom. The Morgan fingerprint density at radius 2 is 1.85 bits per heavy atom. The molecule has 174 valence electrons. The fraction of sp³-hybridized carbons (Fsp3) is 0.385. The average molecular weight is 492 g/mol. The molecule has 7 heteroatoms. The van der Waals surface area contributed by atoms with Gasteiger partial charge in [-0.05, 0) is 87.9 Å². The molecule has 2 aromatic carbocycles. The molecule has 0 amide bonds. The van der Waals surface area contributed by atoms with Gasteiger partial charge >= 0.3 is 0 Å². The molecule has 0 atom stereocenters. The van der Waals surface area contributed by atoms with Crippen LogP contribution in [0.1, 0.15) is 51.2 Å². The van der Waals surface area contributed by atoms with E-state index in [-0.39, 0.29) is 40.1 Å². The molecule has 33 heavy (non-hydrogen) atoms. The van der Waals surface area contributed by atoms with Gasteiger partial charge in [-0.25, -0.2) is 0 Å². The van der Waals surface area contributed by atoms with Crippen molar-refractivity contribution < 1.29 is 18.1 Å². The lowest BCUT2D eigenvalue weighted by atomic mass is 9.85. The number of aromatic hydroxyl groups is 1. The predicted molar refractivity (Wildman–Crippen MR) is 137 cm³/mol. The molecule has 5 nitrogen and oxygen atoms in total. The SMILES string of the molecule is [2H]C([2H])([2H])N(C[C@H]1CC[C@H](Nc2c(C(C)=O)cnc3ccc(-c4cc(Cl)c(O)c(Cl)c4)cc23)CC1)C([2H])([2H])[2H]. The van der Waals surface area contributed by atoms with Crippen LogP contribution in [0.2, 0.25) is 10.0 Å². The number of carbonyl (C=O) groups is 1. The fourth-order valence-corrected chi connectivity index (χ4v) is 4.97. The number of carbonyl (C=O) groups excluding carboxylic acids is 1. The van der Waals surface area contributed by atoms with Gasteiger partial charge in [-0.1, -0.05) is 29.3 Å². The molecule has 0 unspecified atom stereocenters. The number of hydrogen-bond donors (Lipinski definition) is 2. The molecular weight excluding hydrogens is 457 g/mol. The van der Waals surface area contributed by atoms with Crippen LogP contribution in [0.25, 0.3) is 22.0 Å². The number of halogens is 2. The number of pyridine rings is 1. The molecule has 1 saturated carbocycles. The van der Waals surface area contributed by atoms with Gasteiger partial charge in [0.1, 0.15) is 0 Å². The van der Waals surface area contributed by atoms with Gasteiger partial charge in [0, 0.05) is 32.4 Å². The molecule has 0 bridgehead atoms. The maximum atomic E-state index is 12.5. The zero-order chi connectivity index (χ0) is 28.7. The van der Waals surface area contributed by atoms with Crippen molar-refractivity contribution in [3.05, 3.63) is 52.1 Å². The summed E-state index contributed by atoms with van der Waals surface area (Å²) in [6.45, 7) is -3.95. The van der Waals surface area contributed by atoms with Crippen molar-refractivity contribution in [1.29, 1.82) is 0 Å². The zero-order valence-corrected chi connectivity index (χ0v) is 19.7. The number of nitrogens with zero attached hydrogens (tertiary/aromatic N) is 2. The van der Waals surface area contributed by atoms with E-state index < -0.39 is 14.0 Å². The van der Waals surface area contributed by atoms with E-state index in [0.29, 0.717) is 52.9 Å². The lowest BCUT2D eigenvalue weighted by Crippen LogP contribution is -2.31. The highest BCUT2D eigenvalue weighted by atomic mass is 35.5. The van der Waals surface area contributed by atoms with Crippen molar-refractivity contribution in [1.82, 2.24) is 9.88 Å². The van der Waals surface area contributed by atoms with Gasteiger partial charge in [0.15, 0.2) is 11.5 Å². The molecule has 1 aliphatic rings. The summed E-state index contributed by atoms with van der Waals surface area (Å²) in [6.07, 6.45) is 4.22. The van der Waals surface area contributed by atoms with Crippen LogP contribution in [0.4, 0.5) is 5.69 Å². The smallest absolute Gasteiger partial charge is 0.163 e. The number of fused-ring (bicyclic) bond motifs is 1. The van der Waals surface area contributed by atoms with Crippen molar-refractivity contribution >= 4 is 45.6 Å². The van der Waals surface area contributed by atoms with Crippen molar-refractivity contribution in [2.24, 2.45) is 5.92 Å². The number of anilines is 1. The van der Waals surface area contributed by atoms with Crippen molar-refractivity contribution in [3.8, 4) is 16.9 Å². The summed E-state index contributed by atoms with van der Waals surface area (Å²) in [5.41, 5.74) is 3.24. The van der Waals surface area contributed by atoms with Crippen molar-refractivity contribution in [3.63, 3.8) is 0 Å². The molecule has 1 aliphatic carbocycles. The number of ketones is 1. The minimum Gasteiger partial charge on any atom is -0.505 e. The summed E-state index contributed by atoms with van der Waals surface area (Å²) < 4.78 is 45.8. The first-order valence-corrected chi connectivity index (χ1v) is 11.6. The monoisotopic (exact) mass is 491 g/mol. The van der Waals surface area contributed by atoms with Gasteiger partial charge in [-0.3, -0.25) is 9.78 Å². The Labute approximate surface area is 213 Å². The number of rotatable bonds is 6. The van der Waals surface area contributed by atoms with Crippen molar-refractivity contribution in [2.75, 3.05) is 25.8 Å². The minimum absolute atomic E-state index is 0.000130. The molecule has 1 aromatic heterocycles. The summed E-state index contributed by atoms with van der Waals surface area (Å²) in [5, 5.41) is 14.5. The van der Waals surface area contributed by atoms with Crippen LogP contribution in [-0.2, 0) is 0 Å². The third kappa shape index (κ3) is 5.26. The molecule has 0 spiro atoms. The van der Waals surface area contributed by atoms with E-state index >= 15 is 0 Å². The second kappa shape index (κ2) is 9.88. The number of Topliss-reactive ketones (excluding diaryl/α,β-unsaturated/α-hetero) is 1. The Balaban J connectivity index is 1.60. The number of hydrogen-bond acceptors (Lipinski definition) is 5. The first-order valence-electron chi connectivity index (χ1n) is 13.8. The molecular formula is C26H29Cl2N3O2. The highest BCUT2D eigenvalue weighted by Gasteiger charge is 2.24. The summed E-state index contributed by atoms with van der Waals surface area (Å²) in [7, 11) is 0. The maximum Gasteiger partial charge on any atom is 0.163 e. The number of phenols is 1. The number of aromatic nitrogens is 1. The van der Waals surface area contributed by atoms with Gasteiger partial charge in [-0.15, -0.1) is 0 Å².